The van der Waals surface area contributed by atoms with Gasteiger partial charge < -0.3 is 9.30 Å². The molecule has 1 saturated carbocycles. The number of anilines is 1. The van der Waals surface area contributed by atoms with Crippen LogP contribution in [0, 0.1) is 0 Å². The van der Waals surface area contributed by atoms with Crippen molar-refractivity contribution < 1.29 is 9.53 Å². The SMILES string of the molecule is Cn1c(COc2ccc(Cl)cc2)nnc1SCC(=O)Nc1nnc(C2CC2)s1. The summed E-state index contributed by atoms with van der Waals surface area (Å²) in [5.41, 5.74) is 0. The summed E-state index contributed by atoms with van der Waals surface area (Å²) in [5, 5.41) is 22.0. The maximum Gasteiger partial charge on any atom is 0.236 e. The van der Waals surface area contributed by atoms with Gasteiger partial charge >= 0.3 is 0 Å². The van der Waals surface area contributed by atoms with Gasteiger partial charge in [-0.05, 0) is 37.1 Å². The first-order valence-electron chi connectivity index (χ1n) is 8.61. The second kappa shape index (κ2) is 8.46. The Bertz CT molecular complexity index is 970. The molecule has 1 fully saturated rings. The van der Waals surface area contributed by atoms with Crippen molar-refractivity contribution in [2.45, 2.75) is 30.5 Å². The van der Waals surface area contributed by atoms with Gasteiger partial charge in [0.2, 0.25) is 11.0 Å². The quantitative estimate of drug-likeness (QED) is 0.540. The van der Waals surface area contributed by atoms with Gasteiger partial charge in [0.15, 0.2) is 11.0 Å². The number of thioether (sulfide) groups is 1. The maximum absolute atomic E-state index is 12.2. The van der Waals surface area contributed by atoms with E-state index in [0.29, 0.717) is 32.8 Å². The van der Waals surface area contributed by atoms with E-state index in [1.54, 1.807) is 24.3 Å². The van der Waals surface area contributed by atoms with Crippen LogP contribution in [0.4, 0.5) is 5.13 Å². The number of ether oxygens (including phenoxy) is 1. The van der Waals surface area contributed by atoms with Gasteiger partial charge in [-0.1, -0.05) is 34.7 Å². The minimum atomic E-state index is -0.148. The molecule has 28 heavy (non-hydrogen) atoms. The van der Waals surface area contributed by atoms with Crippen LogP contribution in [-0.4, -0.2) is 36.6 Å². The molecule has 0 atom stereocenters. The highest BCUT2D eigenvalue weighted by Gasteiger charge is 2.27. The standard InChI is InChI=1S/C17H17ClN6O2S2/c1-24-13(8-26-12-6-4-11(18)5-7-12)20-23-17(24)27-9-14(25)19-16-22-21-15(28-16)10-2-3-10/h4-7,10H,2-3,8-9H2,1H3,(H,19,22,25). The van der Waals surface area contributed by atoms with E-state index in [2.05, 4.69) is 25.7 Å². The summed E-state index contributed by atoms with van der Waals surface area (Å²) in [5.74, 6) is 1.96. The number of hydrogen-bond donors (Lipinski definition) is 1. The molecule has 1 amide bonds. The first kappa shape index (κ1) is 19.2. The van der Waals surface area contributed by atoms with E-state index in [1.807, 2.05) is 11.6 Å². The summed E-state index contributed by atoms with van der Waals surface area (Å²) >= 11 is 8.61. The van der Waals surface area contributed by atoms with E-state index in [4.69, 9.17) is 16.3 Å². The molecule has 1 aromatic carbocycles. The molecular weight excluding hydrogens is 420 g/mol. The molecule has 3 aromatic rings. The molecule has 1 aliphatic carbocycles. The number of carbonyl (C=O) groups is 1. The molecule has 1 aliphatic rings. The molecule has 0 aliphatic heterocycles. The van der Waals surface area contributed by atoms with Gasteiger partial charge in [-0.3, -0.25) is 10.1 Å². The molecule has 0 radical (unpaired) electrons. The van der Waals surface area contributed by atoms with Crippen LogP contribution in [0.3, 0.4) is 0 Å². The fourth-order valence-electron chi connectivity index (χ4n) is 2.34. The summed E-state index contributed by atoms with van der Waals surface area (Å²) in [7, 11) is 1.84. The topological polar surface area (TPSA) is 94.8 Å². The highest BCUT2D eigenvalue weighted by molar-refractivity contribution is 7.99. The minimum Gasteiger partial charge on any atom is -0.486 e. The molecular formula is C17H17ClN6O2S2. The van der Waals surface area contributed by atoms with Crippen LogP contribution in [0.5, 0.6) is 5.75 Å². The lowest BCUT2D eigenvalue weighted by molar-refractivity contribution is -0.113. The van der Waals surface area contributed by atoms with E-state index in [1.165, 1.54) is 23.1 Å². The van der Waals surface area contributed by atoms with Crippen LogP contribution in [0.25, 0.3) is 0 Å². The number of rotatable bonds is 8. The van der Waals surface area contributed by atoms with Crippen LogP contribution in [0.15, 0.2) is 29.4 Å². The zero-order valence-corrected chi connectivity index (χ0v) is 17.4. The van der Waals surface area contributed by atoms with Crippen molar-refractivity contribution in [2.75, 3.05) is 11.1 Å². The summed E-state index contributed by atoms with van der Waals surface area (Å²) in [6, 6.07) is 7.11. The van der Waals surface area contributed by atoms with Gasteiger partial charge in [-0.15, -0.1) is 20.4 Å². The minimum absolute atomic E-state index is 0.148. The van der Waals surface area contributed by atoms with Crippen LogP contribution in [0.2, 0.25) is 5.02 Å². The van der Waals surface area contributed by atoms with Crippen molar-refractivity contribution in [1.29, 1.82) is 0 Å². The normalized spacial score (nSPS) is 13.5. The van der Waals surface area contributed by atoms with Crippen LogP contribution < -0.4 is 10.1 Å². The van der Waals surface area contributed by atoms with E-state index in [0.717, 1.165) is 17.8 Å². The predicted molar refractivity (Wildman–Crippen MR) is 108 cm³/mol. The number of carbonyl (C=O) groups excluding carboxylic acids is 1. The lowest BCUT2D eigenvalue weighted by Crippen LogP contribution is -2.14. The number of nitrogens with zero attached hydrogens (tertiary/aromatic N) is 5. The van der Waals surface area contributed by atoms with Crippen molar-refractivity contribution in [3.05, 3.63) is 40.1 Å². The monoisotopic (exact) mass is 436 g/mol. The van der Waals surface area contributed by atoms with Crippen molar-refractivity contribution >= 4 is 45.7 Å². The first-order valence-corrected chi connectivity index (χ1v) is 10.8. The average molecular weight is 437 g/mol. The smallest absolute Gasteiger partial charge is 0.236 e. The van der Waals surface area contributed by atoms with E-state index in [9.17, 15) is 4.79 Å². The van der Waals surface area contributed by atoms with Gasteiger partial charge in [0.25, 0.3) is 0 Å². The largest absolute Gasteiger partial charge is 0.486 e. The second-order valence-corrected chi connectivity index (χ2v) is 8.65. The number of hydrogen-bond acceptors (Lipinski definition) is 8. The third-order valence-corrected chi connectivity index (χ3v) is 6.33. The Morgan fingerprint density at radius 3 is 2.82 bits per heavy atom. The summed E-state index contributed by atoms with van der Waals surface area (Å²) in [4.78, 5) is 12.2. The zero-order valence-electron chi connectivity index (χ0n) is 15.0. The van der Waals surface area contributed by atoms with Gasteiger partial charge in [-0.25, -0.2) is 0 Å². The summed E-state index contributed by atoms with van der Waals surface area (Å²) in [6.07, 6.45) is 2.32. The Balaban J connectivity index is 1.27. The van der Waals surface area contributed by atoms with Crippen molar-refractivity contribution in [3.63, 3.8) is 0 Å². The van der Waals surface area contributed by atoms with E-state index >= 15 is 0 Å². The fourth-order valence-corrected chi connectivity index (χ4v) is 4.13. The Kier molecular flexibility index (Phi) is 5.79. The third-order valence-electron chi connectivity index (χ3n) is 4.05. The highest BCUT2D eigenvalue weighted by atomic mass is 35.5. The van der Waals surface area contributed by atoms with Crippen molar-refractivity contribution in [1.82, 2.24) is 25.0 Å². The van der Waals surface area contributed by atoms with E-state index < -0.39 is 0 Å². The first-order chi connectivity index (χ1) is 13.6. The zero-order chi connectivity index (χ0) is 19.5. The Hall–Kier alpha value is -2.17. The highest BCUT2D eigenvalue weighted by Crippen LogP contribution is 2.42. The number of amides is 1. The Labute approximate surface area is 174 Å². The molecule has 146 valence electrons. The van der Waals surface area contributed by atoms with Gasteiger partial charge in [0.1, 0.15) is 17.4 Å². The van der Waals surface area contributed by atoms with Gasteiger partial charge in [0, 0.05) is 18.0 Å². The molecule has 0 spiro atoms. The van der Waals surface area contributed by atoms with E-state index in [-0.39, 0.29) is 18.3 Å². The molecule has 0 bridgehead atoms. The number of aromatic nitrogens is 5. The molecule has 4 rings (SSSR count). The number of benzene rings is 1. The van der Waals surface area contributed by atoms with Gasteiger partial charge in [-0.2, -0.15) is 0 Å². The summed E-state index contributed by atoms with van der Waals surface area (Å²) < 4.78 is 7.50. The van der Waals surface area contributed by atoms with Crippen LogP contribution >= 0.6 is 34.7 Å². The number of halogens is 1. The molecule has 8 nitrogen and oxygen atoms in total. The van der Waals surface area contributed by atoms with Crippen molar-refractivity contribution in [3.8, 4) is 5.75 Å². The second-order valence-electron chi connectivity index (χ2n) is 6.26. The molecule has 11 heteroatoms. The fraction of sp³-hybridized carbons (Fsp3) is 0.353. The molecule has 2 aromatic heterocycles. The third kappa shape index (κ3) is 4.81. The average Bonchev–Trinajstić information content (AvgIpc) is 3.34. The molecule has 0 unspecified atom stereocenters. The molecule has 1 N–H and O–H groups in total. The molecule has 2 heterocycles. The maximum atomic E-state index is 12.2. The van der Waals surface area contributed by atoms with Gasteiger partial charge in [0.05, 0.1) is 5.75 Å². The lowest BCUT2D eigenvalue weighted by atomic mass is 10.3. The number of nitrogens with one attached hydrogen (secondary N) is 1. The Morgan fingerprint density at radius 2 is 2.07 bits per heavy atom. The lowest BCUT2D eigenvalue weighted by Gasteiger charge is -2.06. The summed E-state index contributed by atoms with van der Waals surface area (Å²) in [6.45, 7) is 0.270. The van der Waals surface area contributed by atoms with Crippen LogP contribution in [0.1, 0.15) is 29.6 Å². The van der Waals surface area contributed by atoms with Crippen molar-refractivity contribution in [2.24, 2.45) is 7.05 Å². The molecule has 0 saturated heterocycles. The Morgan fingerprint density at radius 1 is 1.29 bits per heavy atom. The predicted octanol–water partition coefficient (Wildman–Crippen LogP) is 3.51. The van der Waals surface area contributed by atoms with Crippen LogP contribution in [-0.2, 0) is 18.4 Å².